The first kappa shape index (κ1) is 38.1. The minimum atomic E-state index is -5.75. The van der Waals surface area contributed by atoms with Crippen molar-refractivity contribution in [3.05, 3.63) is 52.0 Å². The number of nitrogens with one attached hydrogen (secondary N) is 2. The van der Waals surface area contributed by atoms with Crippen molar-refractivity contribution in [3.8, 4) is 5.75 Å². The average Bonchev–Trinajstić information content (AvgIpc) is 3.13. The topological polar surface area (TPSA) is 171 Å². The molecule has 4 rings (SSSR count). The molecule has 50 heavy (non-hydrogen) atoms. The molecule has 2 aliphatic rings. The Hall–Kier alpha value is -4.68. The standard InChI is InChI=1S/C31H40F5N9O5/c1-5-22-25(43-8-10-44(11-9-43)28(48)24-26(47)20(4)37-16-39-24)29(49)45(42-27(40-17-38-22)21-6-12-50-13-7-21)15-23(46)41-19(3)14-18(2)30(32,33)31(34,35)36/h6,16-19,47H,5,7-15H2,1-4H3,(H,41,46)(H,38,40,42). The molecule has 0 aliphatic carbocycles. The third kappa shape index (κ3) is 8.72. The highest BCUT2D eigenvalue weighted by Crippen LogP contribution is 2.42. The van der Waals surface area contributed by atoms with E-state index in [9.17, 15) is 41.4 Å². The number of carbonyl (C=O) groups is 2. The maximum atomic E-state index is 14.4. The van der Waals surface area contributed by atoms with Crippen LogP contribution in [0.25, 0.3) is 5.57 Å². The van der Waals surface area contributed by atoms with Crippen LogP contribution in [-0.2, 0) is 22.5 Å². The first-order chi connectivity index (χ1) is 23.5. The van der Waals surface area contributed by atoms with Gasteiger partial charge >= 0.3 is 12.1 Å². The van der Waals surface area contributed by atoms with Gasteiger partial charge in [-0.1, -0.05) is 19.9 Å². The monoisotopic (exact) mass is 713 g/mol. The van der Waals surface area contributed by atoms with Gasteiger partial charge in [0.05, 0.1) is 24.6 Å². The Morgan fingerprint density at radius 2 is 1.74 bits per heavy atom. The molecule has 2 unspecified atom stereocenters. The molecule has 0 aromatic carbocycles. The van der Waals surface area contributed by atoms with Crippen molar-refractivity contribution in [2.45, 2.75) is 71.6 Å². The third-order valence-electron chi connectivity index (χ3n) is 8.47. The maximum Gasteiger partial charge on any atom is 0.453 e. The van der Waals surface area contributed by atoms with Gasteiger partial charge in [-0.15, -0.1) is 0 Å². The lowest BCUT2D eigenvalue weighted by Crippen LogP contribution is -2.51. The molecule has 0 spiro atoms. The van der Waals surface area contributed by atoms with E-state index in [-0.39, 0.29) is 67.9 Å². The molecule has 1 fully saturated rings. The number of H-pyrrole nitrogens is 1. The molecule has 2 aromatic heterocycles. The number of hydrogen-bond donors (Lipinski definition) is 3. The van der Waals surface area contributed by atoms with Crippen LogP contribution in [0.15, 0.2) is 23.5 Å². The van der Waals surface area contributed by atoms with Crippen molar-refractivity contribution in [2.75, 3.05) is 44.3 Å². The fourth-order valence-corrected chi connectivity index (χ4v) is 5.65. The van der Waals surface area contributed by atoms with Crippen LogP contribution >= 0.6 is 0 Å². The van der Waals surface area contributed by atoms with Crippen LogP contribution in [-0.4, -0.2) is 109 Å². The molecule has 4 heterocycles. The van der Waals surface area contributed by atoms with Crippen molar-refractivity contribution >= 4 is 23.1 Å². The predicted octanol–water partition coefficient (Wildman–Crippen LogP) is 2.95. The number of amides is 2. The lowest BCUT2D eigenvalue weighted by Gasteiger charge is -2.36. The number of aryl methyl sites for hydroxylation is 2. The van der Waals surface area contributed by atoms with Crippen LogP contribution in [0.4, 0.5) is 27.6 Å². The quantitative estimate of drug-likeness (QED) is 0.311. The smallest absolute Gasteiger partial charge is 0.453 e. The second kappa shape index (κ2) is 15.9. The Labute approximate surface area is 284 Å². The van der Waals surface area contributed by atoms with Crippen LogP contribution in [0, 0.1) is 12.8 Å². The van der Waals surface area contributed by atoms with Gasteiger partial charge < -0.3 is 25.0 Å². The molecular weight excluding hydrogens is 673 g/mol. The lowest BCUT2D eigenvalue weighted by molar-refractivity contribution is -0.301. The van der Waals surface area contributed by atoms with Gasteiger partial charge in [0, 0.05) is 38.1 Å². The summed E-state index contributed by atoms with van der Waals surface area (Å²) < 4.78 is 72.8. The highest BCUT2D eigenvalue weighted by atomic mass is 19.4. The van der Waals surface area contributed by atoms with Gasteiger partial charge in [0.15, 0.2) is 11.4 Å². The Balaban J connectivity index is 1.67. The lowest BCUT2D eigenvalue weighted by atomic mass is 9.95. The van der Waals surface area contributed by atoms with E-state index >= 15 is 0 Å². The summed E-state index contributed by atoms with van der Waals surface area (Å²) >= 11 is 0. The van der Waals surface area contributed by atoms with Gasteiger partial charge in [-0.05, 0) is 38.7 Å². The van der Waals surface area contributed by atoms with E-state index < -0.39 is 54.4 Å². The average molecular weight is 714 g/mol. The number of rotatable bonds is 10. The number of nitrogens with zero attached hydrogens (tertiary/aromatic N) is 7. The largest absolute Gasteiger partial charge is 0.504 e. The number of carbonyl (C=O) groups excluding carboxylic acids is 2. The molecule has 0 bridgehead atoms. The normalized spacial score (nSPS) is 16.7. The molecule has 2 aromatic rings. The van der Waals surface area contributed by atoms with Gasteiger partial charge in [0.2, 0.25) is 5.91 Å². The van der Waals surface area contributed by atoms with E-state index in [1.165, 1.54) is 31.4 Å². The number of hydrogen-bond acceptors (Lipinski definition) is 10. The zero-order valence-electron chi connectivity index (χ0n) is 28.1. The van der Waals surface area contributed by atoms with E-state index in [2.05, 4.69) is 30.4 Å². The molecule has 2 atom stereocenters. The van der Waals surface area contributed by atoms with Crippen molar-refractivity contribution in [1.82, 2.24) is 39.9 Å². The molecule has 0 radical (unpaired) electrons. The molecule has 0 saturated carbocycles. The summed E-state index contributed by atoms with van der Waals surface area (Å²) in [6.45, 7) is 5.94. The molecule has 19 heteroatoms. The van der Waals surface area contributed by atoms with Gasteiger partial charge in [0.25, 0.3) is 11.5 Å². The summed E-state index contributed by atoms with van der Waals surface area (Å²) in [5.41, 5.74) is 0.516. The molecule has 3 N–H and O–H groups in total. The Morgan fingerprint density at radius 3 is 2.36 bits per heavy atom. The van der Waals surface area contributed by atoms with E-state index in [4.69, 9.17) is 4.74 Å². The fourth-order valence-electron chi connectivity index (χ4n) is 5.65. The zero-order valence-corrected chi connectivity index (χ0v) is 28.1. The van der Waals surface area contributed by atoms with Gasteiger partial charge in [-0.2, -0.15) is 22.0 Å². The summed E-state index contributed by atoms with van der Waals surface area (Å²) in [4.78, 5) is 60.6. The number of aromatic nitrogens is 6. The molecule has 2 amide bonds. The second-order valence-electron chi connectivity index (χ2n) is 12.1. The molecule has 274 valence electrons. The fraction of sp³-hybridized carbons (Fsp3) is 0.581. The number of anilines is 1. The summed E-state index contributed by atoms with van der Waals surface area (Å²) in [6, 6.07) is -1.10. The zero-order chi connectivity index (χ0) is 36.8. The summed E-state index contributed by atoms with van der Waals surface area (Å²) in [5.74, 6) is -8.56. The van der Waals surface area contributed by atoms with Crippen LogP contribution < -0.4 is 15.8 Å². The predicted molar refractivity (Wildman–Crippen MR) is 170 cm³/mol. The van der Waals surface area contributed by atoms with Crippen molar-refractivity contribution < 1.29 is 41.4 Å². The van der Waals surface area contributed by atoms with Crippen molar-refractivity contribution in [2.24, 2.45) is 5.92 Å². The maximum absolute atomic E-state index is 14.4. The Bertz CT molecular complexity index is 1700. The highest BCUT2D eigenvalue weighted by molar-refractivity contribution is 5.95. The third-order valence-corrected chi connectivity index (χ3v) is 8.47. The van der Waals surface area contributed by atoms with Crippen molar-refractivity contribution in [3.63, 3.8) is 0 Å². The molecular formula is C31H40F5N9O5. The number of aromatic amines is 1. The summed E-state index contributed by atoms with van der Waals surface area (Å²) in [5, 5.41) is 15.7. The van der Waals surface area contributed by atoms with Crippen molar-refractivity contribution in [1.29, 1.82) is 0 Å². The molecule has 14 nitrogen and oxygen atoms in total. The van der Waals surface area contributed by atoms with Crippen LogP contribution in [0.1, 0.15) is 61.3 Å². The van der Waals surface area contributed by atoms with E-state index in [1.54, 1.807) is 17.9 Å². The van der Waals surface area contributed by atoms with Gasteiger partial charge in [-0.3, -0.25) is 19.5 Å². The first-order valence-electron chi connectivity index (χ1n) is 16.0. The SMILES string of the molecule is CCc1ncnc(C2=CCOCC2)[nH]n(CC(=O)NC(C)CC(C)C(F)(F)C(F)(F)F)c(=O)c1N1CCN(C(=O)c2ncnc(C)c2O)CC1. The summed E-state index contributed by atoms with van der Waals surface area (Å²) in [7, 11) is 0. The number of aromatic hydroxyl groups is 1. The Morgan fingerprint density at radius 1 is 1.06 bits per heavy atom. The number of halogens is 5. The molecule has 2 aliphatic heterocycles. The second-order valence-corrected chi connectivity index (χ2v) is 12.1. The number of piperazine rings is 1. The van der Waals surface area contributed by atoms with Crippen LogP contribution in [0.3, 0.4) is 0 Å². The van der Waals surface area contributed by atoms with E-state index in [0.29, 0.717) is 24.3 Å². The minimum absolute atomic E-state index is 0.112. The summed E-state index contributed by atoms with van der Waals surface area (Å²) in [6.07, 6.45) is -1.54. The minimum Gasteiger partial charge on any atom is -0.504 e. The number of ether oxygens (including phenoxy) is 1. The number of alkyl halides is 5. The molecule has 1 saturated heterocycles. The van der Waals surface area contributed by atoms with Gasteiger partial charge in [-0.25, -0.2) is 24.6 Å². The first-order valence-corrected chi connectivity index (χ1v) is 16.0. The van der Waals surface area contributed by atoms with Gasteiger partial charge in [0.1, 0.15) is 30.7 Å². The van der Waals surface area contributed by atoms with Crippen LogP contribution in [0.5, 0.6) is 5.75 Å². The van der Waals surface area contributed by atoms with E-state index in [1.807, 2.05) is 0 Å². The highest BCUT2D eigenvalue weighted by Gasteiger charge is 2.60. The van der Waals surface area contributed by atoms with E-state index in [0.717, 1.165) is 11.6 Å². The Kier molecular flexibility index (Phi) is 12.1. The van der Waals surface area contributed by atoms with Crippen LogP contribution in [0.2, 0.25) is 0 Å².